The normalized spacial score (nSPS) is 25.3. The third-order valence-corrected chi connectivity index (χ3v) is 2.11. The van der Waals surface area contributed by atoms with Gasteiger partial charge in [0.05, 0.1) is 12.2 Å². The predicted molar refractivity (Wildman–Crippen MR) is 41.1 cm³/mol. The molecule has 1 aliphatic heterocycles. The molecule has 1 N–H and O–H groups in total. The van der Waals surface area contributed by atoms with Crippen molar-refractivity contribution in [1.29, 1.82) is 0 Å². The van der Waals surface area contributed by atoms with Gasteiger partial charge in [0.25, 0.3) is 0 Å². The summed E-state index contributed by atoms with van der Waals surface area (Å²) in [4.78, 5) is 0. The van der Waals surface area contributed by atoms with Crippen LogP contribution in [0.2, 0.25) is 0 Å². The minimum Gasteiger partial charge on any atom is -0.360 e. The van der Waals surface area contributed by atoms with Gasteiger partial charge in [-0.05, 0) is 19.4 Å². The minimum atomic E-state index is 0.409. The molecule has 0 aromatic carbocycles. The Bertz CT molecular complexity index is 202. The number of hydrogen-bond donors (Lipinski definition) is 1. The van der Waals surface area contributed by atoms with Crippen molar-refractivity contribution in [3.8, 4) is 0 Å². The lowest BCUT2D eigenvalue weighted by Crippen LogP contribution is -2.26. The first-order valence-electron chi connectivity index (χ1n) is 4.11. The molecule has 1 unspecified atom stereocenters. The first-order valence-corrected chi connectivity index (χ1v) is 4.11. The Hall–Kier alpha value is -0.830. The lowest BCUT2D eigenvalue weighted by molar-refractivity contribution is 0.305. The second kappa shape index (κ2) is 3.05. The van der Waals surface area contributed by atoms with E-state index in [1.165, 1.54) is 19.3 Å². The quantitative estimate of drug-likeness (QED) is 0.662. The van der Waals surface area contributed by atoms with E-state index in [-0.39, 0.29) is 0 Å². The van der Waals surface area contributed by atoms with Gasteiger partial charge in [-0.2, -0.15) is 0 Å². The van der Waals surface area contributed by atoms with Gasteiger partial charge in [-0.15, -0.1) is 0 Å². The van der Waals surface area contributed by atoms with Gasteiger partial charge in [0.15, 0.2) is 5.76 Å². The highest BCUT2D eigenvalue weighted by atomic mass is 16.5. The van der Waals surface area contributed by atoms with Gasteiger partial charge in [-0.25, -0.2) is 0 Å². The molecule has 0 spiro atoms. The van der Waals surface area contributed by atoms with E-state index in [0.717, 1.165) is 12.3 Å². The molecule has 1 aromatic rings. The van der Waals surface area contributed by atoms with Crippen LogP contribution >= 0.6 is 0 Å². The van der Waals surface area contributed by atoms with Crippen LogP contribution in [0, 0.1) is 0 Å². The third kappa shape index (κ3) is 1.43. The minimum absolute atomic E-state index is 0.409. The maximum absolute atomic E-state index is 5.06. The van der Waals surface area contributed by atoms with Gasteiger partial charge in [0.2, 0.25) is 0 Å². The van der Waals surface area contributed by atoms with Crippen molar-refractivity contribution >= 4 is 0 Å². The van der Waals surface area contributed by atoms with Crippen LogP contribution in [0.1, 0.15) is 31.1 Å². The molecule has 2 heterocycles. The monoisotopic (exact) mass is 152 g/mol. The second-order valence-corrected chi connectivity index (χ2v) is 2.92. The molecule has 60 valence electrons. The van der Waals surface area contributed by atoms with Crippen molar-refractivity contribution in [2.45, 2.75) is 25.3 Å². The Balaban J connectivity index is 2.04. The lowest BCUT2D eigenvalue weighted by Gasteiger charge is -2.20. The summed E-state index contributed by atoms with van der Waals surface area (Å²) in [5.74, 6) is 0.977. The molecule has 0 bridgehead atoms. The van der Waals surface area contributed by atoms with Gasteiger partial charge < -0.3 is 9.84 Å². The number of hydrogen-bond acceptors (Lipinski definition) is 3. The van der Waals surface area contributed by atoms with Crippen molar-refractivity contribution in [3.63, 3.8) is 0 Å². The fourth-order valence-electron chi connectivity index (χ4n) is 1.50. The molecule has 0 radical (unpaired) electrons. The van der Waals surface area contributed by atoms with Crippen LogP contribution in [0.3, 0.4) is 0 Å². The molecule has 0 amide bonds. The summed E-state index contributed by atoms with van der Waals surface area (Å²) >= 11 is 0. The highest BCUT2D eigenvalue weighted by Gasteiger charge is 2.16. The van der Waals surface area contributed by atoms with Gasteiger partial charge in [0, 0.05) is 6.07 Å². The molecule has 1 aliphatic rings. The second-order valence-electron chi connectivity index (χ2n) is 2.92. The first-order chi connectivity index (χ1) is 5.47. The number of piperidine rings is 1. The van der Waals surface area contributed by atoms with Crippen LogP contribution in [0.4, 0.5) is 0 Å². The molecule has 0 aliphatic carbocycles. The van der Waals surface area contributed by atoms with Crippen LogP contribution in [0.15, 0.2) is 16.8 Å². The summed E-state index contributed by atoms with van der Waals surface area (Å²) in [7, 11) is 0. The Morgan fingerprint density at radius 1 is 1.55 bits per heavy atom. The van der Waals surface area contributed by atoms with E-state index in [1.807, 2.05) is 6.07 Å². The van der Waals surface area contributed by atoms with E-state index in [4.69, 9.17) is 4.52 Å². The number of rotatable bonds is 1. The smallest absolute Gasteiger partial charge is 0.153 e. The van der Waals surface area contributed by atoms with Crippen LogP contribution in [0.25, 0.3) is 0 Å². The molecule has 2 rings (SSSR count). The maximum atomic E-state index is 5.06. The summed E-state index contributed by atoms with van der Waals surface area (Å²) in [6.45, 7) is 1.10. The summed E-state index contributed by atoms with van der Waals surface area (Å²) in [5.41, 5.74) is 0. The highest BCUT2D eigenvalue weighted by Crippen LogP contribution is 2.21. The zero-order valence-corrected chi connectivity index (χ0v) is 6.42. The van der Waals surface area contributed by atoms with E-state index in [9.17, 15) is 0 Å². The molecule has 1 fully saturated rings. The summed E-state index contributed by atoms with van der Waals surface area (Å²) < 4.78 is 5.06. The molecule has 11 heavy (non-hydrogen) atoms. The molecular weight excluding hydrogens is 140 g/mol. The van der Waals surface area contributed by atoms with Crippen LogP contribution in [0.5, 0.6) is 0 Å². The predicted octanol–water partition coefficient (Wildman–Crippen LogP) is 1.49. The van der Waals surface area contributed by atoms with E-state index in [1.54, 1.807) is 6.20 Å². The Kier molecular flexibility index (Phi) is 1.90. The van der Waals surface area contributed by atoms with Crippen LogP contribution in [-0.2, 0) is 0 Å². The van der Waals surface area contributed by atoms with Crippen LogP contribution in [-0.4, -0.2) is 11.7 Å². The van der Waals surface area contributed by atoms with E-state index in [2.05, 4.69) is 10.5 Å². The van der Waals surface area contributed by atoms with Crippen molar-refractivity contribution in [2.24, 2.45) is 0 Å². The molecule has 3 heteroatoms. The Labute approximate surface area is 65.8 Å². The summed E-state index contributed by atoms with van der Waals surface area (Å²) in [5, 5.41) is 7.07. The van der Waals surface area contributed by atoms with Crippen molar-refractivity contribution in [1.82, 2.24) is 10.5 Å². The highest BCUT2D eigenvalue weighted by molar-refractivity contribution is 5.01. The SMILES string of the molecule is c1cc(C2CCCCN2)on1. The first kappa shape index (κ1) is 6.85. The maximum Gasteiger partial charge on any atom is 0.153 e. The molecular formula is C8H12N2O. The van der Waals surface area contributed by atoms with Gasteiger partial charge in [-0.1, -0.05) is 11.6 Å². The Morgan fingerprint density at radius 3 is 3.18 bits per heavy atom. The number of aromatic nitrogens is 1. The average Bonchev–Trinajstić information content (AvgIpc) is 2.58. The standard InChI is InChI=1S/C8H12N2O/c1-2-5-9-7(3-1)8-4-6-10-11-8/h4,6-7,9H,1-3,5H2. The number of nitrogens with zero attached hydrogens (tertiary/aromatic N) is 1. The lowest BCUT2D eigenvalue weighted by atomic mass is 10.0. The Morgan fingerprint density at radius 2 is 2.55 bits per heavy atom. The number of nitrogens with one attached hydrogen (secondary N) is 1. The fraction of sp³-hybridized carbons (Fsp3) is 0.625. The summed E-state index contributed by atoms with van der Waals surface area (Å²) in [6, 6.07) is 2.34. The largest absolute Gasteiger partial charge is 0.360 e. The fourth-order valence-corrected chi connectivity index (χ4v) is 1.50. The van der Waals surface area contributed by atoms with Crippen molar-refractivity contribution in [3.05, 3.63) is 18.0 Å². The zero-order valence-electron chi connectivity index (χ0n) is 6.42. The molecule has 0 saturated carbocycles. The molecule has 1 aromatic heterocycles. The topological polar surface area (TPSA) is 38.1 Å². The molecule has 1 saturated heterocycles. The summed E-state index contributed by atoms with van der Waals surface area (Å²) in [6.07, 6.45) is 5.45. The van der Waals surface area contributed by atoms with Gasteiger partial charge in [-0.3, -0.25) is 0 Å². The van der Waals surface area contributed by atoms with E-state index < -0.39 is 0 Å². The average molecular weight is 152 g/mol. The third-order valence-electron chi connectivity index (χ3n) is 2.11. The van der Waals surface area contributed by atoms with Crippen molar-refractivity contribution < 1.29 is 4.52 Å². The van der Waals surface area contributed by atoms with Gasteiger partial charge in [0.1, 0.15) is 0 Å². The van der Waals surface area contributed by atoms with E-state index >= 15 is 0 Å². The van der Waals surface area contributed by atoms with Gasteiger partial charge >= 0.3 is 0 Å². The van der Waals surface area contributed by atoms with Crippen LogP contribution < -0.4 is 5.32 Å². The van der Waals surface area contributed by atoms with Crippen molar-refractivity contribution in [2.75, 3.05) is 6.54 Å². The zero-order chi connectivity index (χ0) is 7.52. The van der Waals surface area contributed by atoms with E-state index in [0.29, 0.717) is 6.04 Å². The molecule has 3 nitrogen and oxygen atoms in total. The molecule has 1 atom stereocenters.